The molecule has 0 spiro atoms. The number of rotatable bonds is 5. The summed E-state index contributed by atoms with van der Waals surface area (Å²) in [4.78, 5) is 24.3. The Bertz CT molecular complexity index is 1240. The summed E-state index contributed by atoms with van der Waals surface area (Å²) in [5, 5.41) is 9.59. The minimum absolute atomic E-state index is 0.132. The van der Waals surface area contributed by atoms with E-state index in [2.05, 4.69) is 15.7 Å². The fourth-order valence-corrected chi connectivity index (χ4v) is 3.15. The molecule has 156 valence electrons. The number of amides is 2. The minimum Gasteiger partial charge on any atom is -0.326 e. The zero-order valence-electron chi connectivity index (χ0n) is 16.3. The molecule has 31 heavy (non-hydrogen) atoms. The molecule has 7 nitrogen and oxygen atoms in total. The number of hydrogen-bond acceptors (Lipinski definition) is 3. The van der Waals surface area contributed by atoms with Crippen LogP contribution in [0.15, 0.2) is 73.2 Å². The third kappa shape index (κ3) is 4.35. The topological polar surface area (TPSA) is 81.0 Å². The Morgan fingerprint density at radius 2 is 1.55 bits per heavy atom. The molecule has 2 aromatic carbocycles. The molecule has 2 amide bonds. The van der Waals surface area contributed by atoms with Crippen LogP contribution >= 0.6 is 0 Å². The molecule has 0 saturated carbocycles. The van der Waals surface area contributed by atoms with E-state index in [9.17, 15) is 18.4 Å². The molecule has 2 heterocycles. The quantitative estimate of drug-likeness (QED) is 0.508. The Morgan fingerprint density at radius 3 is 2.19 bits per heavy atom. The van der Waals surface area contributed by atoms with Gasteiger partial charge >= 0.3 is 0 Å². The number of anilines is 2. The van der Waals surface area contributed by atoms with Gasteiger partial charge in [0.1, 0.15) is 17.2 Å². The highest BCUT2D eigenvalue weighted by Crippen LogP contribution is 2.23. The smallest absolute Gasteiger partial charge is 0.261 e. The maximum atomic E-state index is 13.8. The molecular weight excluding hydrogens is 404 g/mol. The second-order valence-electron chi connectivity index (χ2n) is 6.73. The maximum Gasteiger partial charge on any atom is 0.261 e. The van der Waals surface area contributed by atoms with Crippen molar-refractivity contribution in [3.8, 4) is 11.5 Å². The van der Waals surface area contributed by atoms with Crippen LogP contribution in [0, 0.1) is 11.6 Å². The molecule has 0 fully saturated rings. The zero-order chi connectivity index (χ0) is 22.0. The van der Waals surface area contributed by atoms with Gasteiger partial charge < -0.3 is 15.2 Å². The van der Waals surface area contributed by atoms with Gasteiger partial charge in [0, 0.05) is 36.8 Å². The lowest BCUT2D eigenvalue weighted by molar-refractivity contribution is -0.114. The van der Waals surface area contributed by atoms with Gasteiger partial charge in [-0.1, -0.05) is 6.07 Å². The molecule has 2 N–H and O–H groups in total. The van der Waals surface area contributed by atoms with Gasteiger partial charge in [0.15, 0.2) is 5.82 Å². The Balaban J connectivity index is 1.73. The first kappa shape index (κ1) is 20.0. The molecule has 2 aromatic heterocycles. The van der Waals surface area contributed by atoms with Gasteiger partial charge in [0.05, 0.1) is 11.9 Å². The highest BCUT2D eigenvalue weighted by atomic mass is 19.1. The van der Waals surface area contributed by atoms with Crippen LogP contribution in [-0.4, -0.2) is 26.2 Å². The van der Waals surface area contributed by atoms with E-state index < -0.39 is 17.5 Å². The summed E-state index contributed by atoms with van der Waals surface area (Å²) in [5.74, 6) is -1.92. The monoisotopic (exact) mass is 421 g/mol. The van der Waals surface area contributed by atoms with Gasteiger partial charge in [-0.2, -0.15) is 5.10 Å². The van der Waals surface area contributed by atoms with E-state index in [4.69, 9.17) is 0 Å². The Kier molecular flexibility index (Phi) is 5.31. The molecule has 0 unspecified atom stereocenters. The number of carbonyl (C=O) groups excluding carboxylic acids is 2. The fraction of sp³-hybridized carbons (Fsp3) is 0.0455. The number of aromatic nitrogens is 3. The van der Waals surface area contributed by atoms with Gasteiger partial charge in [-0.15, -0.1) is 0 Å². The summed E-state index contributed by atoms with van der Waals surface area (Å²) in [5.41, 5.74) is 1.31. The lowest BCUT2D eigenvalue weighted by atomic mass is 10.2. The van der Waals surface area contributed by atoms with Gasteiger partial charge in [0.2, 0.25) is 5.91 Å². The summed E-state index contributed by atoms with van der Waals surface area (Å²) in [6.07, 6.45) is 4.71. The summed E-state index contributed by atoms with van der Waals surface area (Å²) in [6.45, 7) is 1.39. The van der Waals surface area contributed by atoms with Crippen LogP contribution in [0.25, 0.3) is 11.5 Å². The van der Waals surface area contributed by atoms with E-state index in [0.29, 0.717) is 17.2 Å². The first-order valence-corrected chi connectivity index (χ1v) is 9.27. The van der Waals surface area contributed by atoms with Crippen LogP contribution in [-0.2, 0) is 4.79 Å². The van der Waals surface area contributed by atoms with Crippen LogP contribution in [0.1, 0.15) is 17.3 Å². The number of halogens is 2. The van der Waals surface area contributed by atoms with Crippen LogP contribution in [0.2, 0.25) is 0 Å². The van der Waals surface area contributed by atoms with E-state index in [1.165, 1.54) is 17.8 Å². The summed E-state index contributed by atoms with van der Waals surface area (Å²) in [7, 11) is 0. The molecule has 4 aromatic rings. The van der Waals surface area contributed by atoms with Crippen molar-refractivity contribution in [1.82, 2.24) is 14.3 Å². The summed E-state index contributed by atoms with van der Waals surface area (Å²) in [6, 6.07) is 13.2. The molecule has 0 aliphatic heterocycles. The SMILES string of the molecule is CC(=O)Nc1cccc(NC(=O)c2cnn(-c3cc(F)cc(F)c3)c2-n2cccc2)c1. The predicted molar refractivity (Wildman–Crippen MR) is 112 cm³/mol. The number of nitrogens with one attached hydrogen (secondary N) is 2. The Hall–Kier alpha value is -4.27. The summed E-state index contributed by atoms with van der Waals surface area (Å²) >= 11 is 0. The van der Waals surface area contributed by atoms with E-state index in [0.717, 1.165) is 18.2 Å². The Morgan fingerprint density at radius 1 is 0.903 bits per heavy atom. The van der Waals surface area contributed by atoms with E-state index >= 15 is 0 Å². The first-order chi connectivity index (χ1) is 14.9. The van der Waals surface area contributed by atoms with Gasteiger partial charge in [-0.05, 0) is 42.5 Å². The van der Waals surface area contributed by atoms with Crippen LogP contribution in [0.5, 0.6) is 0 Å². The van der Waals surface area contributed by atoms with Crippen molar-refractivity contribution in [2.24, 2.45) is 0 Å². The van der Waals surface area contributed by atoms with E-state index in [1.807, 2.05) is 0 Å². The molecule has 0 bridgehead atoms. The molecule has 0 radical (unpaired) electrons. The van der Waals surface area contributed by atoms with Crippen molar-refractivity contribution in [2.45, 2.75) is 6.92 Å². The third-order valence-electron chi connectivity index (χ3n) is 4.37. The van der Waals surface area contributed by atoms with Gasteiger partial charge in [-0.25, -0.2) is 13.5 Å². The first-order valence-electron chi connectivity index (χ1n) is 9.27. The molecule has 0 aliphatic carbocycles. The molecule has 9 heteroatoms. The standard InChI is InChI=1S/C22H17F2N5O2/c1-14(30)26-17-5-4-6-18(12-17)27-21(31)20-13-25-29(22(20)28-7-2-3-8-28)19-10-15(23)9-16(24)11-19/h2-13H,1H3,(H,26,30)(H,27,31). The molecule has 4 rings (SSSR count). The lowest BCUT2D eigenvalue weighted by Crippen LogP contribution is -2.15. The molecule has 0 atom stereocenters. The minimum atomic E-state index is -0.759. The van der Waals surface area contributed by atoms with Crippen LogP contribution in [0.4, 0.5) is 20.2 Å². The van der Waals surface area contributed by atoms with Crippen molar-refractivity contribution in [2.75, 3.05) is 10.6 Å². The Labute approximate surface area is 175 Å². The number of nitrogens with zero attached hydrogens (tertiary/aromatic N) is 3. The third-order valence-corrected chi connectivity index (χ3v) is 4.37. The van der Waals surface area contributed by atoms with Crippen molar-refractivity contribution < 1.29 is 18.4 Å². The van der Waals surface area contributed by atoms with Gasteiger partial charge in [0.25, 0.3) is 5.91 Å². The fourth-order valence-electron chi connectivity index (χ4n) is 3.15. The predicted octanol–water partition coefficient (Wildman–Crippen LogP) is 4.15. The normalized spacial score (nSPS) is 10.7. The van der Waals surface area contributed by atoms with Crippen molar-refractivity contribution in [1.29, 1.82) is 0 Å². The molecular formula is C22H17F2N5O2. The lowest BCUT2D eigenvalue weighted by Gasteiger charge is -2.12. The highest BCUT2D eigenvalue weighted by Gasteiger charge is 2.21. The molecule has 0 saturated heterocycles. The number of carbonyl (C=O) groups is 2. The van der Waals surface area contributed by atoms with E-state index in [1.54, 1.807) is 53.4 Å². The number of benzene rings is 2. The zero-order valence-corrected chi connectivity index (χ0v) is 16.3. The van der Waals surface area contributed by atoms with Crippen molar-refractivity contribution in [3.05, 3.63) is 90.4 Å². The highest BCUT2D eigenvalue weighted by molar-refractivity contribution is 6.06. The van der Waals surface area contributed by atoms with Gasteiger partial charge in [-0.3, -0.25) is 9.59 Å². The van der Waals surface area contributed by atoms with E-state index in [-0.39, 0.29) is 17.2 Å². The van der Waals surface area contributed by atoms with Crippen LogP contribution in [0.3, 0.4) is 0 Å². The average molecular weight is 421 g/mol. The largest absolute Gasteiger partial charge is 0.326 e. The number of hydrogen-bond donors (Lipinski definition) is 2. The van der Waals surface area contributed by atoms with Crippen molar-refractivity contribution in [3.63, 3.8) is 0 Å². The van der Waals surface area contributed by atoms with Crippen molar-refractivity contribution >= 4 is 23.2 Å². The second-order valence-corrected chi connectivity index (χ2v) is 6.73. The second kappa shape index (κ2) is 8.23. The summed E-state index contributed by atoms with van der Waals surface area (Å²) < 4.78 is 30.5. The maximum absolute atomic E-state index is 13.8. The van der Waals surface area contributed by atoms with Crippen LogP contribution < -0.4 is 10.6 Å². The molecule has 0 aliphatic rings. The average Bonchev–Trinajstić information content (AvgIpc) is 3.36.